The molecule has 1 N–H and O–H groups in total. The number of rotatable bonds is 4. The number of hydrogen-bond acceptors (Lipinski definition) is 5. The van der Waals surface area contributed by atoms with Gasteiger partial charge in [-0.05, 0) is 37.9 Å². The molecule has 0 unspecified atom stereocenters. The van der Waals surface area contributed by atoms with Crippen LogP contribution in [0.5, 0.6) is 0 Å². The first kappa shape index (κ1) is 17.8. The Labute approximate surface area is 143 Å². The fourth-order valence-corrected chi connectivity index (χ4v) is 6.92. The monoisotopic (exact) mass is 373 g/mol. The average Bonchev–Trinajstić information content (AvgIpc) is 2.98. The first-order chi connectivity index (χ1) is 11.4. The van der Waals surface area contributed by atoms with E-state index < -0.39 is 20.0 Å². The van der Waals surface area contributed by atoms with Crippen LogP contribution < -0.4 is 5.32 Å². The van der Waals surface area contributed by atoms with E-state index in [4.69, 9.17) is 0 Å². The highest BCUT2D eigenvalue weighted by Gasteiger charge is 2.35. The zero-order chi connectivity index (χ0) is 17.2. The van der Waals surface area contributed by atoms with Gasteiger partial charge in [0.2, 0.25) is 20.0 Å². The molecular formula is C15H23N3O4S2. The Hall–Kier alpha value is -1.00. The quantitative estimate of drug-likeness (QED) is 0.828. The third kappa shape index (κ3) is 3.36. The van der Waals surface area contributed by atoms with Crippen molar-refractivity contribution in [1.82, 2.24) is 13.9 Å². The van der Waals surface area contributed by atoms with Gasteiger partial charge in [-0.3, -0.25) is 0 Å². The molecule has 0 bridgehead atoms. The van der Waals surface area contributed by atoms with Gasteiger partial charge < -0.3 is 5.32 Å². The molecule has 2 aliphatic rings. The standard InChI is InChI=1S/C15H23N3O4S2/c19-23(20,17-10-3-4-11-17)14-6-1-2-7-15(14)24(21,22)18-12-5-8-16-9-13-18/h1-2,6-7,16H,3-5,8-13H2. The maximum Gasteiger partial charge on any atom is 0.244 e. The molecule has 0 radical (unpaired) electrons. The first-order valence-corrected chi connectivity index (χ1v) is 11.1. The molecule has 7 nitrogen and oxygen atoms in total. The molecular weight excluding hydrogens is 350 g/mol. The molecule has 2 aliphatic heterocycles. The average molecular weight is 374 g/mol. The van der Waals surface area contributed by atoms with Crippen molar-refractivity contribution in [2.45, 2.75) is 29.1 Å². The summed E-state index contributed by atoms with van der Waals surface area (Å²) in [7, 11) is -7.63. The molecule has 3 rings (SSSR count). The summed E-state index contributed by atoms with van der Waals surface area (Å²) in [5.41, 5.74) is 0. The summed E-state index contributed by atoms with van der Waals surface area (Å²) in [4.78, 5) is -0.220. The van der Waals surface area contributed by atoms with Crippen molar-refractivity contribution in [2.75, 3.05) is 39.3 Å². The molecule has 134 valence electrons. The minimum atomic E-state index is -3.84. The van der Waals surface area contributed by atoms with E-state index in [1.807, 2.05) is 0 Å². The normalized spacial score (nSPS) is 21.7. The van der Waals surface area contributed by atoms with Gasteiger partial charge in [-0.25, -0.2) is 16.8 Å². The van der Waals surface area contributed by atoms with Gasteiger partial charge in [0, 0.05) is 32.7 Å². The molecule has 0 aliphatic carbocycles. The van der Waals surface area contributed by atoms with E-state index in [9.17, 15) is 16.8 Å². The van der Waals surface area contributed by atoms with Crippen molar-refractivity contribution >= 4 is 20.0 Å². The smallest absolute Gasteiger partial charge is 0.244 e. The Balaban J connectivity index is 2.02. The molecule has 0 atom stereocenters. The predicted molar refractivity (Wildman–Crippen MR) is 90.7 cm³/mol. The zero-order valence-electron chi connectivity index (χ0n) is 13.5. The molecule has 0 spiro atoms. The van der Waals surface area contributed by atoms with Crippen LogP contribution >= 0.6 is 0 Å². The van der Waals surface area contributed by atoms with Crippen molar-refractivity contribution < 1.29 is 16.8 Å². The van der Waals surface area contributed by atoms with Gasteiger partial charge in [0.15, 0.2) is 0 Å². The highest BCUT2D eigenvalue weighted by molar-refractivity contribution is 7.92. The Bertz CT molecular complexity index is 779. The van der Waals surface area contributed by atoms with Crippen molar-refractivity contribution in [1.29, 1.82) is 0 Å². The Morgan fingerprint density at radius 1 is 0.708 bits per heavy atom. The molecule has 2 fully saturated rings. The number of nitrogens with zero attached hydrogens (tertiary/aromatic N) is 2. The summed E-state index contributed by atoms with van der Waals surface area (Å²) in [5, 5.41) is 3.16. The van der Waals surface area contributed by atoms with E-state index in [0.29, 0.717) is 39.1 Å². The van der Waals surface area contributed by atoms with E-state index in [0.717, 1.165) is 19.4 Å². The lowest BCUT2D eigenvalue weighted by Gasteiger charge is -2.23. The number of nitrogens with one attached hydrogen (secondary N) is 1. The maximum atomic E-state index is 13.0. The summed E-state index contributed by atoms with van der Waals surface area (Å²) < 4.78 is 54.6. The molecule has 2 saturated heterocycles. The van der Waals surface area contributed by atoms with Crippen LogP contribution in [0.4, 0.5) is 0 Å². The second-order valence-corrected chi connectivity index (χ2v) is 9.88. The summed E-state index contributed by atoms with van der Waals surface area (Å²) in [6.45, 7) is 2.97. The maximum absolute atomic E-state index is 13.0. The van der Waals surface area contributed by atoms with Crippen LogP contribution in [0.1, 0.15) is 19.3 Å². The van der Waals surface area contributed by atoms with Crippen LogP contribution in [0.2, 0.25) is 0 Å². The fourth-order valence-electron chi connectivity index (χ4n) is 3.14. The lowest BCUT2D eigenvalue weighted by atomic mass is 10.4. The van der Waals surface area contributed by atoms with Crippen molar-refractivity contribution in [2.24, 2.45) is 0 Å². The summed E-state index contributed by atoms with van der Waals surface area (Å²) in [6.07, 6.45) is 2.33. The van der Waals surface area contributed by atoms with E-state index >= 15 is 0 Å². The minimum Gasteiger partial charge on any atom is -0.315 e. The second-order valence-electron chi connectivity index (χ2n) is 6.07. The van der Waals surface area contributed by atoms with Crippen molar-refractivity contribution in [3.8, 4) is 0 Å². The lowest BCUT2D eigenvalue weighted by Crippen LogP contribution is -2.36. The largest absolute Gasteiger partial charge is 0.315 e. The van der Waals surface area contributed by atoms with E-state index in [1.54, 1.807) is 12.1 Å². The molecule has 0 amide bonds. The molecule has 0 aromatic heterocycles. The molecule has 1 aromatic rings. The van der Waals surface area contributed by atoms with Crippen molar-refractivity contribution in [3.05, 3.63) is 24.3 Å². The number of hydrogen-bond donors (Lipinski definition) is 1. The zero-order valence-corrected chi connectivity index (χ0v) is 15.2. The van der Waals surface area contributed by atoms with Crippen molar-refractivity contribution in [3.63, 3.8) is 0 Å². The first-order valence-electron chi connectivity index (χ1n) is 8.24. The van der Waals surface area contributed by atoms with Crippen LogP contribution in [0.15, 0.2) is 34.1 Å². The molecule has 1 aromatic carbocycles. The van der Waals surface area contributed by atoms with E-state index in [-0.39, 0.29) is 9.79 Å². The van der Waals surface area contributed by atoms with Crippen LogP contribution in [0.3, 0.4) is 0 Å². The van der Waals surface area contributed by atoms with Crippen LogP contribution in [0, 0.1) is 0 Å². The Morgan fingerprint density at radius 3 is 1.79 bits per heavy atom. The van der Waals surface area contributed by atoms with Crippen LogP contribution in [-0.4, -0.2) is 64.7 Å². The highest BCUT2D eigenvalue weighted by atomic mass is 32.2. The van der Waals surface area contributed by atoms with Crippen LogP contribution in [-0.2, 0) is 20.0 Å². The molecule has 24 heavy (non-hydrogen) atoms. The summed E-state index contributed by atoms with van der Waals surface area (Å²) in [6, 6.07) is 5.95. The predicted octanol–water partition coefficient (Wildman–Crippen LogP) is 0.455. The van der Waals surface area contributed by atoms with Crippen LogP contribution in [0.25, 0.3) is 0 Å². The van der Waals surface area contributed by atoms with E-state index in [1.165, 1.54) is 20.7 Å². The second kappa shape index (κ2) is 7.09. The SMILES string of the molecule is O=S(=O)(c1ccccc1S(=O)(=O)N1CCCNCC1)N1CCCC1. The lowest BCUT2D eigenvalue weighted by molar-refractivity contribution is 0.429. The third-order valence-electron chi connectivity index (χ3n) is 4.45. The summed E-state index contributed by atoms with van der Waals surface area (Å²) >= 11 is 0. The molecule has 0 saturated carbocycles. The van der Waals surface area contributed by atoms with Gasteiger partial charge >= 0.3 is 0 Å². The fraction of sp³-hybridized carbons (Fsp3) is 0.600. The third-order valence-corrected chi connectivity index (χ3v) is 8.49. The van der Waals surface area contributed by atoms with Gasteiger partial charge in [0.1, 0.15) is 9.79 Å². The summed E-state index contributed by atoms with van der Waals surface area (Å²) in [5.74, 6) is 0. The van der Waals surface area contributed by atoms with Gasteiger partial charge in [-0.15, -0.1) is 0 Å². The number of benzene rings is 1. The molecule has 9 heteroatoms. The van der Waals surface area contributed by atoms with Gasteiger partial charge in [-0.2, -0.15) is 8.61 Å². The Kier molecular flexibility index (Phi) is 5.26. The van der Waals surface area contributed by atoms with Gasteiger partial charge in [-0.1, -0.05) is 12.1 Å². The minimum absolute atomic E-state index is 0.107. The Morgan fingerprint density at radius 2 is 1.21 bits per heavy atom. The topological polar surface area (TPSA) is 86.8 Å². The van der Waals surface area contributed by atoms with E-state index in [2.05, 4.69) is 5.32 Å². The molecule has 2 heterocycles. The highest BCUT2D eigenvalue weighted by Crippen LogP contribution is 2.28. The van der Waals surface area contributed by atoms with Gasteiger partial charge in [0.05, 0.1) is 0 Å². The number of sulfonamides is 2. The van der Waals surface area contributed by atoms with Gasteiger partial charge in [0.25, 0.3) is 0 Å².